The summed E-state index contributed by atoms with van der Waals surface area (Å²) < 4.78 is 70.4. The lowest BCUT2D eigenvalue weighted by molar-refractivity contribution is -0.217. The molecule has 6 nitrogen and oxygen atoms in total. The zero-order valence-corrected chi connectivity index (χ0v) is 16.0. The summed E-state index contributed by atoms with van der Waals surface area (Å²) in [5, 5.41) is 9.44. The number of anilines is 1. The third-order valence-electron chi connectivity index (χ3n) is 5.69. The van der Waals surface area contributed by atoms with Gasteiger partial charge in [-0.3, -0.25) is 4.79 Å². The molecule has 1 aliphatic carbocycles. The molecule has 1 aromatic heterocycles. The largest absolute Gasteiger partial charge is 0.476 e. The Kier molecular flexibility index (Phi) is 5.27. The average molecular weight is 435 g/mol. The van der Waals surface area contributed by atoms with Crippen LogP contribution in [0.2, 0.25) is 0 Å². The molecule has 2 aliphatic heterocycles. The van der Waals surface area contributed by atoms with Crippen LogP contribution in [-0.4, -0.2) is 71.9 Å². The summed E-state index contributed by atoms with van der Waals surface area (Å²) in [5.74, 6) is -4.01. The highest BCUT2D eigenvalue weighted by Gasteiger charge is 2.47. The Morgan fingerprint density at radius 2 is 1.97 bits per heavy atom. The second kappa shape index (κ2) is 7.51. The van der Waals surface area contributed by atoms with Crippen molar-refractivity contribution in [1.82, 2.24) is 9.88 Å². The van der Waals surface area contributed by atoms with Crippen LogP contribution in [0.1, 0.15) is 29.8 Å². The van der Waals surface area contributed by atoms with E-state index < -0.39 is 43.1 Å². The number of halogens is 5. The molecule has 3 aliphatic rings. The molecule has 2 unspecified atom stereocenters. The van der Waals surface area contributed by atoms with Gasteiger partial charge in [-0.1, -0.05) is 0 Å². The van der Waals surface area contributed by atoms with Crippen molar-refractivity contribution in [3.05, 3.63) is 17.8 Å². The Morgan fingerprint density at radius 1 is 1.27 bits per heavy atom. The summed E-state index contributed by atoms with van der Waals surface area (Å²) in [6, 6.07) is 2.85. The van der Waals surface area contributed by atoms with Crippen LogP contribution >= 0.6 is 0 Å². The van der Waals surface area contributed by atoms with E-state index in [-0.39, 0.29) is 31.1 Å². The first-order valence-electron chi connectivity index (χ1n) is 9.84. The van der Waals surface area contributed by atoms with Crippen LogP contribution in [0.15, 0.2) is 12.1 Å². The van der Waals surface area contributed by atoms with Gasteiger partial charge in [-0.05, 0) is 37.3 Å². The smallest absolute Gasteiger partial charge is 0.414 e. The Balaban J connectivity index is 1.48. The van der Waals surface area contributed by atoms with Gasteiger partial charge in [0.1, 0.15) is 11.4 Å². The van der Waals surface area contributed by atoms with Crippen molar-refractivity contribution in [2.24, 2.45) is 11.8 Å². The second-order valence-electron chi connectivity index (χ2n) is 8.27. The van der Waals surface area contributed by atoms with Crippen LogP contribution in [0.5, 0.6) is 5.88 Å². The maximum absolute atomic E-state index is 13.3. The van der Waals surface area contributed by atoms with Gasteiger partial charge in [-0.15, -0.1) is 0 Å². The highest BCUT2D eigenvalue weighted by atomic mass is 19.4. The van der Waals surface area contributed by atoms with Crippen molar-refractivity contribution in [3.63, 3.8) is 0 Å². The van der Waals surface area contributed by atoms with Crippen molar-refractivity contribution in [2.45, 2.75) is 37.5 Å². The third kappa shape index (κ3) is 4.45. The lowest BCUT2D eigenvalue weighted by Gasteiger charge is -2.40. The molecule has 1 N–H and O–H groups in total. The van der Waals surface area contributed by atoms with Crippen molar-refractivity contribution in [2.75, 3.05) is 37.7 Å². The first kappa shape index (κ1) is 21.1. The molecule has 3 heterocycles. The van der Waals surface area contributed by atoms with Gasteiger partial charge in [0.15, 0.2) is 6.10 Å². The first-order valence-corrected chi connectivity index (χ1v) is 9.84. The Hall–Kier alpha value is -2.17. The zero-order chi connectivity index (χ0) is 21.7. The van der Waals surface area contributed by atoms with Gasteiger partial charge in [0.2, 0.25) is 5.88 Å². The van der Waals surface area contributed by atoms with E-state index in [0.717, 1.165) is 12.8 Å². The lowest BCUT2D eigenvalue weighted by atomic mass is 10.0. The summed E-state index contributed by atoms with van der Waals surface area (Å²) in [4.78, 5) is 19.6. The Labute approximate surface area is 169 Å². The second-order valence-corrected chi connectivity index (χ2v) is 8.27. The van der Waals surface area contributed by atoms with Gasteiger partial charge in [-0.2, -0.15) is 13.2 Å². The molecule has 1 saturated carbocycles. The standard InChI is InChI=1S/C19H22F5N3O3/c20-18(21)9-27(10-18)14-4-3-13(25-16(14)30-8-11-1-2-11)17(29)26-6-5-12(7-26)15(28)19(22,23)24/h3-4,11-12,15,28H,1-2,5-10H2. The number of ether oxygens (including phenoxy) is 1. The minimum absolute atomic E-state index is 0.0262. The molecule has 2 atom stereocenters. The van der Waals surface area contributed by atoms with Crippen LogP contribution in [-0.2, 0) is 0 Å². The van der Waals surface area contributed by atoms with Crippen LogP contribution in [0, 0.1) is 11.8 Å². The molecular weight excluding hydrogens is 413 g/mol. The van der Waals surface area contributed by atoms with E-state index in [0.29, 0.717) is 18.2 Å². The minimum atomic E-state index is -4.74. The van der Waals surface area contributed by atoms with Crippen molar-refractivity contribution in [1.29, 1.82) is 0 Å². The van der Waals surface area contributed by atoms with Crippen LogP contribution in [0.4, 0.5) is 27.6 Å². The van der Waals surface area contributed by atoms with Gasteiger partial charge < -0.3 is 19.6 Å². The van der Waals surface area contributed by atoms with E-state index in [1.54, 1.807) is 0 Å². The number of aliphatic hydroxyl groups is 1. The SMILES string of the molecule is O=C(c1ccc(N2CC(F)(F)C2)c(OCC2CC2)n1)N1CCC(C(O)C(F)(F)F)C1. The molecule has 0 aromatic carbocycles. The molecular formula is C19H22F5N3O3. The van der Waals surface area contributed by atoms with Gasteiger partial charge in [0.25, 0.3) is 11.8 Å². The lowest BCUT2D eigenvalue weighted by Crippen LogP contribution is -2.56. The molecule has 1 amide bonds. The number of rotatable bonds is 6. The molecule has 1 aromatic rings. The minimum Gasteiger partial charge on any atom is -0.476 e. The normalized spacial score (nSPS) is 24.5. The van der Waals surface area contributed by atoms with E-state index in [1.165, 1.54) is 21.9 Å². The molecule has 0 spiro atoms. The summed E-state index contributed by atoms with van der Waals surface area (Å²) in [7, 11) is 0. The molecule has 4 rings (SSSR count). The topological polar surface area (TPSA) is 65.9 Å². The monoisotopic (exact) mass is 435 g/mol. The number of carbonyl (C=O) groups is 1. The Bertz CT molecular complexity index is 807. The summed E-state index contributed by atoms with van der Waals surface area (Å²) in [5.41, 5.74) is 0.337. The number of carbonyl (C=O) groups excluding carboxylic acids is 1. The van der Waals surface area contributed by atoms with E-state index in [2.05, 4.69) is 4.98 Å². The fraction of sp³-hybridized carbons (Fsp3) is 0.684. The fourth-order valence-corrected chi connectivity index (χ4v) is 3.72. The zero-order valence-electron chi connectivity index (χ0n) is 16.0. The number of hydrogen-bond acceptors (Lipinski definition) is 5. The number of likely N-dealkylation sites (tertiary alicyclic amines) is 1. The summed E-state index contributed by atoms with van der Waals surface area (Å²) in [6.45, 7) is -0.739. The van der Waals surface area contributed by atoms with Crippen molar-refractivity contribution in [3.8, 4) is 5.88 Å². The molecule has 11 heteroatoms. The van der Waals surface area contributed by atoms with Gasteiger partial charge >= 0.3 is 6.18 Å². The number of hydrogen-bond donors (Lipinski definition) is 1. The average Bonchev–Trinajstić information content (AvgIpc) is 3.36. The predicted octanol–water partition coefficient (Wildman–Crippen LogP) is 2.71. The molecule has 0 radical (unpaired) electrons. The van der Waals surface area contributed by atoms with E-state index in [4.69, 9.17) is 4.74 Å². The summed E-state index contributed by atoms with van der Waals surface area (Å²) in [6.07, 6.45) is -5.19. The quantitative estimate of drug-likeness (QED) is 0.697. The fourth-order valence-electron chi connectivity index (χ4n) is 3.72. The highest BCUT2D eigenvalue weighted by Crippen LogP contribution is 2.38. The van der Waals surface area contributed by atoms with Gasteiger partial charge in [-0.25, -0.2) is 13.8 Å². The number of pyridine rings is 1. The van der Waals surface area contributed by atoms with Gasteiger partial charge in [0.05, 0.1) is 19.7 Å². The number of aromatic nitrogens is 1. The molecule has 30 heavy (non-hydrogen) atoms. The van der Waals surface area contributed by atoms with Gasteiger partial charge in [0, 0.05) is 19.0 Å². The molecule has 0 bridgehead atoms. The predicted molar refractivity (Wildman–Crippen MR) is 95.7 cm³/mol. The maximum atomic E-state index is 13.3. The molecule has 166 valence electrons. The third-order valence-corrected chi connectivity index (χ3v) is 5.69. The Morgan fingerprint density at radius 3 is 2.57 bits per heavy atom. The van der Waals surface area contributed by atoms with Crippen LogP contribution in [0.25, 0.3) is 0 Å². The molecule has 2 saturated heterocycles. The van der Waals surface area contributed by atoms with Crippen molar-refractivity contribution >= 4 is 11.6 Å². The van der Waals surface area contributed by atoms with E-state index in [1.807, 2.05) is 0 Å². The van der Waals surface area contributed by atoms with Crippen LogP contribution in [0.3, 0.4) is 0 Å². The van der Waals surface area contributed by atoms with E-state index in [9.17, 15) is 31.9 Å². The first-order chi connectivity index (χ1) is 14.0. The molecule has 3 fully saturated rings. The van der Waals surface area contributed by atoms with Crippen molar-refractivity contribution < 1.29 is 36.6 Å². The number of aliphatic hydroxyl groups excluding tert-OH is 1. The number of alkyl halides is 5. The maximum Gasteiger partial charge on any atom is 0.414 e. The number of amides is 1. The number of nitrogens with zero attached hydrogens (tertiary/aromatic N) is 3. The van der Waals surface area contributed by atoms with Crippen LogP contribution < -0.4 is 9.64 Å². The highest BCUT2D eigenvalue weighted by molar-refractivity contribution is 5.93. The summed E-state index contributed by atoms with van der Waals surface area (Å²) >= 11 is 0. The van der Waals surface area contributed by atoms with E-state index >= 15 is 0 Å².